The Morgan fingerprint density at radius 2 is 1.90 bits per heavy atom. The van der Waals surface area contributed by atoms with Gasteiger partial charge in [-0.15, -0.1) is 0 Å². The van der Waals surface area contributed by atoms with E-state index in [-0.39, 0.29) is 11.5 Å². The summed E-state index contributed by atoms with van der Waals surface area (Å²) in [5, 5.41) is 30.3. The van der Waals surface area contributed by atoms with Gasteiger partial charge in [-0.25, -0.2) is 4.98 Å². The summed E-state index contributed by atoms with van der Waals surface area (Å²) in [5.41, 5.74) is -0.0674. The second-order valence-corrected chi connectivity index (χ2v) is 4.60. The van der Waals surface area contributed by atoms with Crippen LogP contribution in [0.1, 0.15) is 5.89 Å². The maximum Gasteiger partial charge on any atom is 0.232 e. The number of fused-ring (bicyclic) bond motifs is 1. The van der Waals surface area contributed by atoms with E-state index >= 15 is 0 Å². The molecule has 7 heteroatoms. The van der Waals surface area contributed by atoms with Gasteiger partial charge in [-0.1, -0.05) is 12.1 Å². The van der Waals surface area contributed by atoms with Crippen LogP contribution in [0.2, 0.25) is 0 Å². The molecular weight excluding hydrogens is 276 g/mol. The van der Waals surface area contributed by atoms with Crippen molar-refractivity contribution in [2.24, 2.45) is 0 Å². The molecule has 0 aliphatic carbocycles. The highest BCUT2D eigenvalue weighted by atomic mass is 16.3. The van der Waals surface area contributed by atoms with Gasteiger partial charge in [0, 0.05) is 6.20 Å². The van der Waals surface area contributed by atoms with Gasteiger partial charge in [0.25, 0.3) is 0 Å². The first-order valence-corrected chi connectivity index (χ1v) is 6.29. The Kier molecular flexibility index (Phi) is 4.69. The molecule has 0 aliphatic heterocycles. The van der Waals surface area contributed by atoms with Gasteiger partial charge in [-0.3, -0.25) is 4.79 Å². The number of nitrogens with one attached hydrogen (secondary N) is 1. The first-order chi connectivity index (χ1) is 10.2. The third kappa shape index (κ3) is 3.10. The number of hydrogen-bond acceptors (Lipinski definition) is 7. The van der Waals surface area contributed by atoms with Crippen LogP contribution in [0.4, 0.5) is 0 Å². The fourth-order valence-electron chi connectivity index (χ4n) is 1.66. The number of aromatic nitrogens is 1. The predicted molar refractivity (Wildman–Crippen MR) is 75.2 cm³/mol. The van der Waals surface area contributed by atoms with E-state index in [0.717, 1.165) is 0 Å². The minimum Gasteiger partial charge on any atom is -0.436 e. The van der Waals surface area contributed by atoms with Crippen LogP contribution in [0.3, 0.4) is 0 Å². The third-order valence-corrected chi connectivity index (χ3v) is 3.11. The average Bonchev–Trinajstić information content (AvgIpc) is 2.96. The highest BCUT2D eigenvalue weighted by Gasteiger charge is 2.26. The molecule has 0 aliphatic rings. The van der Waals surface area contributed by atoms with Crippen LogP contribution in [0, 0.1) is 0 Å². The average molecular weight is 292 g/mol. The fourth-order valence-corrected chi connectivity index (χ4v) is 1.66. The van der Waals surface area contributed by atoms with Crippen molar-refractivity contribution < 1.29 is 24.5 Å². The molecule has 0 fully saturated rings. The molecule has 1 heterocycles. The molecule has 0 saturated heterocycles. The number of carbonyl (C=O) groups excluding carboxylic acids is 1. The van der Waals surface area contributed by atoms with Crippen LogP contribution >= 0.6 is 0 Å². The number of nitrogens with zero attached hydrogens (tertiary/aromatic N) is 1. The summed E-state index contributed by atoms with van der Waals surface area (Å²) >= 11 is 0. The van der Waals surface area contributed by atoms with Crippen molar-refractivity contribution in [1.82, 2.24) is 10.3 Å². The van der Waals surface area contributed by atoms with Crippen molar-refractivity contribution in [1.29, 1.82) is 0 Å². The van der Waals surface area contributed by atoms with E-state index in [1.54, 1.807) is 24.3 Å². The number of para-hydroxylation sites is 2. The summed E-state index contributed by atoms with van der Waals surface area (Å²) in [4.78, 5) is 15.3. The van der Waals surface area contributed by atoms with Crippen molar-refractivity contribution in [3.8, 4) is 0 Å². The van der Waals surface area contributed by atoms with E-state index in [1.807, 2.05) is 0 Å². The Morgan fingerprint density at radius 3 is 2.48 bits per heavy atom. The summed E-state index contributed by atoms with van der Waals surface area (Å²) in [5.74, 6) is 0.112. The molecule has 0 saturated carbocycles. The minimum absolute atomic E-state index is 0.103. The van der Waals surface area contributed by atoms with Crippen molar-refractivity contribution in [2.45, 2.75) is 5.54 Å². The molecule has 0 amide bonds. The van der Waals surface area contributed by atoms with Gasteiger partial charge < -0.3 is 25.1 Å². The van der Waals surface area contributed by atoms with Gasteiger partial charge in [0.2, 0.25) is 5.89 Å². The Hall–Kier alpha value is -2.22. The topological polar surface area (TPSA) is 116 Å². The Bertz CT molecular complexity index is 604. The largest absolute Gasteiger partial charge is 0.436 e. The molecule has 1 aromatic heterocycles. The van der Waals surface area contributed by atoms with E-state index in [0.29, 0.717) is 17.4 Å². The van der Waals surface area contributed by atoms with Crippen molar-refractivity contribution >= 4 is 23.0 Å². The quantitative estimate of drug-likeness (QED) is 0.408. The summed E-state index contributed by atoms with van der Waals surface area (Å²) < 4.78 is 5.45. The number of rotatable bonds is 7. The van der Waals surface area contributed by atoms with Crippen LogP contribution in [0.5, 0.6) is 0 Å². The van der Waals surface area contributed by atoms with Crippen LogP contribution < -0.4 is 5.32 Å². The molecule has 21 heavy (non-hydrogen) atoms. The van der Waals surface area contributed by atoms with E-state index < -0.39 is 25.4 Å². The van der Waals surface area contributed by atoms with E-state index in [9.17, 15) is 20.1 Å². The Balaban J connectivity index is 2.30. The van der Waals surface area contributed by atoms with Gasteiger partial charge in [0.1, 0.15) is 11.1 Å². The zero-order valence-corrected chi connectivity index (χ0v) is 11.2. The summed E-state index contributed by atoms with van der Waals surface area (Å²) in [6.07, 6.45) is 1.79. The minimum atomic E-state index is -1.32. The molecule has 0 radical (unpaired) electrons. The molecule has 0 spiro atoms. The highest BCUT2D eigenvalue weighted by molar-refractivity contribution is 6.05. The van der Waals surface area contributed by atoms with Gasteiger partial charge in [-0.05, 0) is 12.1 Å². The normalized spacial score (nSPS) is 12.6. The van der Waals surface area contributed by atoms with Crippen LogP contribution in [-0.2, 0) is 4.79 Å². The number of aldehydes is 1. The maximum absolute atomic E-state index is 11.2. The smallest absolute Gasteiger partial charge is 0.232 e. The second kappa shape index (κ2) is 6.49. The predicted octanol–water partition coefficient (Wildman–Crippen LogP) is -0.327. The van der Waals surface area contributed by atoms with Crippen molar-refractivity contribution in [3.05, 3.63) is 36.4 Å². The van der Waals surface area contributed by atoms with E-state index in [1.165, 1.54) is 6.20 Å². The van der Waals surface area contributed by atoms with E-state index in [2.05, 4.69) is 10.3 Å². The number of hydrogen-bond donors (Lipinski definition) is 4. The number of aliphatic hydroxyl groups excluding tert-OH is 3. The number of benzene rings is 1. The number of aliphatic hydroxyl groups is 3. The maximum atomic E-state index is 11.2. The lowest BCUT2D eigenvalue weighted by molar-refractivity contribution is -0.103. The first-order valence-electron chi connectivity index (χ1n) is 6.29. The van der Waals surface area contributed by atoms with Crippen LogP contribution in [0.15, 0.2) is 34.9 Å². The second-order valence-electron chi connectivity index (χ2n) is 4.60. The zero-order valence-electron chi connectivity index (χ0n) is 11.2. The van der Waals surface area contributed by atoms with Crippen molar-refractivity contribution in [2.75, 3.05) is 19.8 Å². The standard InChI is InChI=1S/C14H16N2O5/c17-6-10(5-15-14(7-18,8-19)9-20)13-16-11-3-1-2-4-12(11)21-13/h1-6,15,18-20H,7-9H2. The summed E-state index contributed by atoms with van der Waals surface area (Å²) in [6.45, 7) is -1.51. The Labute approximate surface area is 120 Å². The summed E-state index contributed by atoms with van der Waals surface area (Å²) in [6, 6.07) is 7.05. The molecule has 1 aromatic carbocycles. The van der Waals surface area contributed by atoms with Crippen LogP contribution in [-0.4, -0.2) is 51.9 Å². The number of oxazole rings is 1. The lowest BCUT2D eigenvalue weighted by Crippen LogP contribution is -2.52. The molecule has 7 nitrogen and oxygen atoms in total. The Morgan fingerprint density at radius 1 is 1.24 bits per heavy atom. The van der Waals surface area contributed by atoms with Crippen LogP contribution in [0.25, 0.3) is 16.7 Å². The van der Waals surface area contributed by atoms with Gasteiger partial charge >= 0.3 is 0 Å². The van der Waals surface area contributed by atoms with Gasteiger partial charge in [0.05, 0.1) is 25.4 Å². The molecule has 112 valence electrons. The third-order valence-electron chi connectivity index (χ3n) is 3.11. The molecule has 2 aromatic rings. The van der Waals surface area contributed by atoms with Gasteiger partial charge in [-0.2, -0.15) is 0 Å². The molecular formula is C14H16N2O5. The lowest BCUT2D eigenvalue weighted by atomic mass is 10.0. The number of allylic oxidation sites excluding steroid dienone is 1. The number of carbonyl (C=O) groups is 1. The monoisotopic (exact) mass is 292 g/mol. The lowest BCUT2D eigenvalue weighted by Gasteiger charge is -2.27. The summed E-state index contributed by atoms with van der Waals surface area (Å²) in [7, 11) is 0. The molecule has 0 atom stereocenters. The molecule has 0 bridgehead atoms. The molecule has 0 unspecified atom stereocenters. The first kappa shape index (κ1) is 15.2. The molecule has 2 rings (SSSR count). The van der Waals surface area contributed by atoms with Crippen molar-refractivity contribution in [3.63, 3.8) is 0 Å². The fraction of sp³-hybridized carbons (Fsp3) is 0.286. The van der Waals surface area contributed by atoms with E-state index in [4.69, 9.17) is 4.42 Å². The zero-order chi connectivity index (χ0) is 15.3. The molecule has 4 N–H and O–H groups in total. The SMILES string of the molecule is O=CC(=CNC(CO)(CO)CO)c1nc2ccccc2o1. The van der Waals surface area contributed by atoms with Gasteiger partial charge in [0.15, 0.2) is 11.9 Å². The highest BCUT2D eigenvalue weighted by Crippen LogP contribution is 2.19.